The highest BCUT2D eigenvalue weighted by atomic mass is 16.5. The molecule has 2 aromatic rings. The molecule has 2 aromatic heterocycles. The Hall–Kier alpha value is -1.62. The van der Waals surface area contributed by atoms with Gasteiger partial charge in [0.2, 0.25) is 0 Å². The molecule has 0 saturated heterocycles. The van der Waals surface area contributed by atoms with Gasteiger partial charge in [-0.3, -0.25) is 0 Å². The van der Waals surface area contributed by atoms with Crippen molar-refractivity contribution in [3.05, 3.63) is 24.2 Å². The molecule has 5 heteroatoms. The molecule has 1 aliphatic rings. The summed E-state index contributed by atoms with van der Waals surface area (Å²) in [6.07, 6.45) is 3.84. The van der Waals surface area contributed by atoms with Gasteiger partial charge in [-0.25, -0.2) is 9.50 Å². The van der Waals surface area contributed by atoms with Crippen LogP contribution in [0.1, 0.15) is 32.4 Å². The van der Waals surface area contributed by atoms with E-state index in [0.29, 0.717) is 17.7 Å². The van der Waals surface area contributed by atoms with E-state index in [9.17, 15) is 0 Å². The average Bonchev–Trinajstić information content (AvgIpc) is 2.94. The van der Waals surface area contributed by atoms with Crippen LogP contribution >= 0.6 is 0 Å². The maximum Gasteiger partial charge on any atom is 0.151 e. The van der Waals surface area contributed by atoms with Crippen LogP contribution in [0.15, 0.2) is 18.5 Å². The van der Waals surface area contributed by atoms with Crippen molar-refractivity contribution in [1.29, 1.82) is 0 Å². The van der Waals surface area contributed by atoms with Crippen LogP contribution in [-0.2, 0) is 10.2 Å². The number of rotatable bonds is 3. The predicted molar refractivity (Wildman–Crippen MR) is 78.5 cm³/mol. The normalized spacial score (nSPS) is 30.1. The van der Waals surface area contributed by atoms with Crippen LogP contribution in [-0.4, -0.2) is 28.3 Å². The largest absolute Gasteiger partial charge is 0.384 e. The number of nitrogens with zero attached hydrogens (tertiary/aromatic N) is 3. The summed E-state index contributed by atoms with van der Waals surface area (Å²) in [5, 5.41) is 4.39. The van der Waals surface area contributed by atoms with Gasteiger partial charge < -0.3 is 10.5 Å². The fraction of sp³-hybridized carbons (Fsp3) is 0.600. The predicted octanol–water partition coefficient (Wildman–Crippen LogP) is 2.26. The fourth-order valence-electron chi connectivity index (χ4n) is 3.75. The summed E-state index contributed by atoms with van der Waals surface area (Å²) in [7, 11) is 1.78. The van der Waals surface area contributed by atoms with Gasteiger partial charge in [-0.1, -0.05) is 13.8 Å². The number of ether oxygens (including phenoxy) is 1. The molecule has 0 amide bonds. The van der Waals surface area contributed by atoms with Gasteiger partial charge in [-0.05, 0) is 36.8 Å². The maximum absolute atomic E-state index is 5.93. The zero-order chi connectivity index (χ0) is 14.3. The third kappa shape index (κ3) is 1.88. The van der Waals surface area contributed by atoms with Crippen molar-refractivity contribution < 1.29 is 4.74 Å². The lowest BCUT2D eigenvalue weighted by Crippen LogP contribution is -2.27. The highest BCUT2D eigenvalue weighted by molar-refractivity contribution is 5.65. The molecule has 2 heterocycles. The molecule has 0 aromatic carbocycles. The van der Waals surface area contributed by atoms with Crippen molar-refractivity contribution in [2.24, 2.45) is 11.8 Å². The van der Waals surface area contributed by atoms with Crippen molar-refractivity contribution in [2.75, 3.05) is 19.5 Å². The number of hydrogen-bond acceptors (Lipinski definition) is 4. The van der Waals surface area contributed by atoms with E-state index in [-0.39, 0.29) is 5.41 Å². The van der Waals surface area contributed by atoms with Crippen molar-refractivity contribution in [3.8, 4) is 0 Å². The second kappa shape index (κ2) is 4.74. The Labute approximate surface area is 119 Å². The van der Waals surface area contributed by atoms with Gasteiger partial charge in [0.1, 0.15) is 11.8 Å². The topological polar surface area (TPSA) is 65.4 Å². The second-order valence-corrected chi connectivity index (χ2v) is 6.24. The van der Waals surface area contributed by atoms with E-state index >= 15 is 0 Å². The van der Waals surface area contributed by atoms with Gasteiger partial charge in [0.15, 0.2) is 5.82 Å². The Kier molecular flexibility index (Phi) is 3.17. The SMILES string of the molecule is COCC1CC(C)C(C)(c2ccc3c(N)ncnn23)C1. The minimum absolute atomic E-state index is 0.108. The van der Waals surface area contributed by atoms with Crippen LogP contribution in [0.2, 0.25) is 0 Å². The van der Waals surface area contributed by atoms with E-state index in [1.807, 2.05) is 10.6 Å². The first-order valence-electron chi connectivity index (χ1n) is 7.14. The first-order valence-corrected chi connectivity index (χ1v) is 7.14. The fourth-order valence-corrected chi connectivity index (χ4v) is 3.75. The summed E-state index contributed by atoms with van der Waals surface area (Å²) < 4.78 is 7.29. The summed E-state index contributed by atoms with van der Waals surface area (Å²) in [4.78, 5) is 4.06. The van der Waals surface area contributed by atoms with E-state index in [0.717, 1.165) is 18.5 Å². The lowest BCUT2D eigenvalue weighted by molar-refractivity contribution is 0.151. The van der Waals surface area contributed by atoms with Gasteiger partial charge in [-0.2, -0.15) is 5.10 Å². The van der Waals surface area contributed by atoms with Crippen LogP contribution in [0, 0.1) is 11.8 Å². The molecule has 1 aliphatic carbocycles. The molecule has 3 rings (SSSR count). The molecule has 1 fully saturated rings. The minimum Gasteiger partial charge on any atom is -0.384 e. The zero-order valence-corrected chi connectivity index (χ0v) is 12.3. The third-order valence-electron chi connectivity index (χ3n) is 4.96. The Morgan fingerprint density at radius 1 is 1.50 bits per heavy atom. The van der Waals surface area contributed by atoms with Crippen molar-refractivity contribution in [2.45, 2.75) is 32.1 Å². The second-order valence-electron chi connectivity index (χ2n) is 6.24. The molecule has 0 spiro atoms. The number of methoxy groups -OCH3 is 1. The summed E-state index contributed by atoms with van der Waals surface area (Å²) >= 11 is 0. The van der Waals surface area contributed by atoms with E-state index in [1.54, 1.807) is 7.11 Å². The zero-order valence-electron chi connectivity index (χ0n) is 12.3. The monoisotopic (exact) mass is 274 g/mol. The lowest BCUT2D eigenvalue weighted by atomic mass is 9.78. The first-order chi connectivity index (χ1) is 9.56. The average molecular weight is 274 g/mol. The summed E-state index contributed by atoms with van der Waals surface area (Å²) in [5.41, 5.74) is 8.16. The molecule has 5 nitrogen and oxygen atoms in total. The highest BCUT2D eigenvalue weighted by Crippen LogP contribution is 2.48. The molecular weight excluding hydrogens is 252 g/mol. The van der Waals surface area contributed by atoms with E-state index in [2.05, 4.69) is 30.0 Å². The smallest absolute Gasteiger partial charge is 0.151 e. The molecule has 0 bridgehead atoms. The Morgan fingerprint density at radius 3 is 3.05 bits per heavy atom. The van der Waals surface area contributed by atoms with Gasteiger partial charge in [0.05, 0.1) is 0 Å². The first kappa shape index (κ1) is 13.4. The number of nitrogen functional groups attached to an aromatic ring is 1. The van der Waals surface area contributed by atoms with Crippen molar-refractivity contribution >= 4 is 11.3 Å². The molecular formula is C15H22N4O. The summed E-state index contributed by atoms with van der Waals surface area (Å²) in [5.74, 6) is 1.75. The maximum atomic E-state index is 5.93. The Balaban J connectivity index is 2.04. The highest BCUT2D eigenvalue weighted by Gasteiger charge is 2.44. The van der Waals surface area contributed by atoms with Crippen molar-refractivity contribution in [3.63, 3.8) is 0 Å². The number of aromatic nitrogens is 3. The van der Waals surface area contributed by atoms with Gasteiger partial charge in [-0.15, -0.1) is 0 Å². The lowest BCUT2D eigenvalue weighted by Gasteiger charge is -2.29. The van der Waals surface area contributed by atoms with Gasteiger partial charge in [0, 0.05) is 24.8 Å². The third-order valence-corrected chi connectivity index (χ3v) is 4.96. The number of nitrogens with two attached hydrogens (primary N) is 1. The molecule has 3 atom stereocenters. The molecule has 0 aliphatic heterocycles. The van der Waals surface area contributed by atoms with Gasteiger partial charge >= 0.3 is 0 Å². The van der Waals surface area contributed by atoms with Crippen LogP contribution in [0.5, 0.6) is 0 Å². The minimum atomic E-state index is 0.108. The summed E-state index contributed by atoms with van der Waals surface area (Å²) in [6.45, 7) is 5.48. The molecule has 0 radical (unpaired) electrons. The molecule has 2 N–H and O–H groups in total. The Morgan fingerprint density at radius 2 is 2.30 bits per heavy atom. The van der Waals surface area contributed by atoms with Crippen LogP contribution < -0.4 is 5.73 Å². The number of hydrogen-bond donors (Lipinski definition) is 1. The van der Waals surface area contributed by atoms with Gasteiger partial charge in [0.25, 0.3) is 0 Å². The molecule has 20 heavy (non-hydrogen) atoms. The Bertz CT molecular complexity index is 623. The van der Waals surface area contributed by atoms with E-state index in [1.165, 1.54) is 18.4 Å². The molecule has 1 saturated carbocycles. The standard InChI is InChI=1S/C15H22N4O/c1-10-6-11(8-20-3)7-15(10,2)13-5-4-12-14(16)17-9-18-19(12)13/h4-5,9-11H,6-8H2,1-3H3,(H2,16,17,18). The quantitative estimate of drug-likeness (QED) is 0.932. The molecule has 108 valence electrons. The summed E-state index contributed by atoms with van der Waals surface area (Å²) in [6, 6.07) is 4.17. The van der Waals surface area contributed by atoms with E-state index in [4.69, 9.17) is 10.5 Å². The van der Waals surface area contributed by atoms with E-state index < -0.39 is 0 Å². The van der Waals surface area contributed by atoms with Crippen LogP contribution in [0.3, 0.4) is 0 Å². The van der Waals surface area contributed by atoms with Crippen LogP contribution in [0.25, 0.3) is 5.52 Å². The van der Waals surface area contributed by atoms with Crippen LogP contribution in [0.4, 0.5) is 5.82 Å². The molecule has 3 unspecified atom stereocenters. The number of fused-ring (bicyclic) bond motifs is 1. The van der Waals surface area contributed by atoms with Crippen molar-refractivity contribution in [1.82, 2.24) is 14.6 Å². The number of anilines is 1.